The zero-order chi connectivity index (χ0) is 11.0. The summed E-state index contributed by atoms with van der Waals surface area (Å²) in [5.74, 6) is -1.92. The fraction of sp³-hybridized carbons (Fsp3) is 1.00. The van der Waals surface area contributed by atoms with Gasteiger partial charge < -0.3 is 14.9 Å². The summed E-state index contributed by atoms with van der Waals surface area (Å²) < 4.78 is 5.19. The minimum atomic E-state index is -1.92. The van der Waals surface area contributed by atoms with Gasteiger partial charge in [-0.15, -0.1) is 0 Å². The summed E-state index contributed by atoms with van der Waals surface area (Å²) in [5, 5.41) is 19.0. The highest BCUT2D eigenvalue weighted by atomic mass is 16.8. The van der Waals surface area contributed by atoms with Crippen LogP contribution in [0.5, 0.6) is 0 Å². The molecule has 0 saturated heterocycles. The van der Waals surface area contributed by atoms with Gasteiger partial charge in [0, 0.05) is 6.42 Å². The smallest absolute Gasteiger partial charge is 0.278 e. The zero-order valence-electron chi connectivity index (χ0n) is 9.62. The first-order chi connectivity index (χ1) is 6.55. The topological polar surface area (TPSA) is 49.7 Å². The molecule has 0 rings (SSSR count). The summed E-state index contributed by atoms with van der Waals surface area (Å²) in [6, 6.07) is 0. The Morgan fingerprint density at radius 3 is 2.07 bits per heavy atom. The molecule has 14 heavy (non-hydrogen) atoms. The van der Waals surface area contributed by atoms with Crippen LogP contribution in [0.15, 0.2) is 0 Å². The van der Waals surface area contributed by atoms with Crippen LogP contribution in [-0.2, 0) is 4.74 Å². The summed E-state index contributed by atoms with van der Waals surface area (Å²) >= 11 is 0. The van der Waals surface area contributed by atoms with Crippen LogP contribution in [0.3, 0.4) is 0 Å². The fourth-order valence-corrected chi connectivity index (χ4v) is 1.39. The lowest BCUT2D eigenvalue weighted by molar-refractivity contribution is -0.357. The third kappa shape index (κ3) is 6.35. The molecule has 0 fully saturated rings. The summed E-state index contributed by atoms with van der Waals surface area (Å²) in [5.41, 5.74) is 0. The van der Waals surface area contributed by atoms with E-state index in [1.54, 1.807) is 0 Å². The quantitative estimate of drug-likeness (QED) is 0.471. The van der Waals surface area contributed by atoms with Crippen molar-refractivity contribution < 1.29 is 14.9 Å². The van der Waals surface area contributed by atoms with Gasteiger partial charge in [0.15, 0.2) is 0 Å². The number of aliphatic hydroxyl groups is 2. The van der Waals surface area contributed by atoms with Crippen molar-refractivity contribution in [2.75, 3.05) is 0 Å². The van der Waals surface area contributed by atoms with Gasteiger partial charge in [-0.05, 0) is 19.3 Å². The molecule has 0 aromatic rings. The van der Waals surface area contributed by atoms with E-state index in [2.05, 4.69) is 6.92 Å². The van der Waals surface area contributed by atoms with E-state index in [9.17, 15) is 10.2 Å². The lowest BCUT2D eigenvalue weighted by Crippen LogP contribution is -2.36. The zero-order valence-corrected chi connectivity index (χ0v) is 9.62. The van der Waals surface area contributed by atoms with Gasteiger partial charge in [0.2, 0.25) is 0 Å². The van der Waals surface area contributed by atoms with Crippen LogP contribution in [0.2, 0.25) is 0 Å². The van der Waals surface area contributed by atoms with Gasteiger partial charge in [0.25, 0.3) is 5.97 Å². The van der Waals surface area contributed by atoms with E-state index in [1.807, 2.05) is 13.8 Å². The number of hydrogen-bond donors (Lipinski definition) is 2. The molecule has 0 amide bonds. The van der Waals surface area contributed by atoms with E-state index in [1.165, 1.54) is 0 Å². The number of ether oxygens (including phenoxy) is 1. The molecule has 0 bridgehead atoms. The van der Waals surface area contributed by atoms with Gasteiger partial charge in [0.05, 0.1) is 6.10 Å². The van der Waals surface area contributed by atoms with Crippen molar-refractivity contribution in [2.24, 2.45) is 0 Å². The second-order valence-corrected chi connectivity index (χ2v) is 3.76. The van der Waals surface area contributed by atoms with Crippen LogP contribution < -0.4 is 0 Å². The van der Waals surface area contributed by atoms with Crippen molar-refractivity contribution in [3.63, 3.8) is 0 Å². The molecular weight excluding hydrogens is 180 g/mol. The van der Waals surface area contributed by atoms with Gasteiger partial charge in [-0.1, -0.05) is 33.6 Å². The Morgan fingerprint density at radius 1 is 1.07 bits per heavy atom. The second-order valence-electron chi connectivity index (χ2n) is 3.76. The third-order valence-corrected chi connectivity index (χ3v) is 2.37. The molecule has 0 atom stereocenters. The molecular formula is C11H24O3. The Bertz CT molecular complexity index is 130. The van der Waals surface area contributed by atoms with Crippen LogP contribution in [0.4, 0.5) is 0 Å². The normalized spacial score (nSPS) is 12.4. The number of unbranched alkanes of at least 4 members (excludes halogenated alkanes) is 2. The average Bonchev–Trinajstić information content (AvgIpc) is 2.14. The van der Waals surface area contributed by atoms with Gasteiger partial charge in [-0.3, -0.25) is 0 Å². The van der Waals surface area contributed by atoms with Crippen LogP contribution in [0, 0.1) is 0 Å². The van der Waals surface area contributed by atoms with Gasteiger partial charge >= 0.3 is 0 Å². The number of rotatable bonds is 8. The monoisotopic (exact) mass is 204 g/mol. The maximum atomic E-state index is 9.51. The average molecular weight is 204 g/mol. The molecule has 0 spiro atoms. The predicted octanol–water partition coefficient (Wildman–Crippen LogP) is 2.41. The van der Waals surface area contributed by atoms with Crippen LogP contribution >= 0.6 is 0 Å². The Hall–Kier alpha value is -0.120. The first-order valence-electron chi connectivity index (χ1n) is 5.68. The molecule has 0 aromatic carbocycles. The molecule has 0 aliphatic rings. The fourth-order valence-electron chi connectivity index (χ4n) is 1.39. The molecule has 0 unspecified atom stereocenters. The lowest BCUT2D eigenvalue weighted by Gasteiger charge is -2.26. The Labute approximate surface area is 87.1 Å². The predicted molar refractivity (Wildman–Crippen MR) is 56.8 cm³/mol. The SMILES string of the molecule is CCCCCC(O)(O)OC(CC)CC. The molecule has 2 N–H and O–H groups in total. The molecule has 0 aliphatic heterocycles. The molecule has 0 aromatic heterocycles. The standard InChI is InChI=1S/C11H24O3/c1-4-7-8-9-11(12,13)14-10(5-2)6-3/h10,12-13H,4-9H2,1-3H3. The molecule has 3 heteroatoms. The second kappa shape index (κ2) is 7.21. The lowest BCUT2D eigenvalue weighted by atomic mass is 10.1. The summed E-state index contributed by atoms with van der Waals surface area (Å²) in [4.78, 5) is 0. The highest BCUT2D eigenvalue weighted by molar-refractivity contribution is 4.58. The third-order valence-electron chi connectivity index (χ3n) is 2.37. The first kappa shape index (κ1) is 13.9. The van der Waals surface area contributed by atoms with Gasteiger partial charge in [-0.2, -0.15) is 0 Å². The molecule has 0 radical (unpaired) electrons. The van der Waals surface area contributed by atoms with Crippen LogP contribution in [0.25, 0.3) is 0 Å². The van der Waals surface area contributed by atoms with E-state index < -0.39 is 5.97 Å². The minimum absolute atomic E-state index is 0.0494. The van der Waals surface area contributed by atoms with Gasteiger partial charge in [-0.25, -0.2) is 0 Å². The molecule has 0 aliphatic carbocycles. The van der Waals surface area contributed by atoms with Crippen molar-refractivity contribution in [1.82, 2.24) is 0 Å². The minimum Gasteiger partial charge on any atom is -0.343 e. The van der Waals surface area contributed by atoms with Gasteiger partial charge in [0.1, 0.15) is 0 Å². The highest BCUT2D eigenvalue weighted by Crippen LogP contribution is 2.18. The maximum Gasteiger partial charge on any atom is 0.278 e. The Kier molecular flexibility index (Phi) is 7.15. The molecule has 0 heterocycles. The Balaban J connectivity index is 3.79. The van der Waals surface area contributed by atoms with E-state index in [4.69, 9.17) is 4.74 Å². The number of hydrogen-bond acceptors (Lipinski definition) is 3. The summed E-state index contributed by atoms with van der Waals surface area (Å²) in [6.07, 6.45) is 4.75. The van der Waals surface area contributed by atoms with E-state index in [0.29, 0.717) is 6.42 Å². The summed E-state index contributed by atoms with van der Waals surface area (Å²) in [6.45, 7) is 6.05. The van der Waals surface area contributed by atoms with Crippen molar-refractivity contribution in [2.45, 2.75) is 71.4 Å². The van der Waals surface area contributed by atoms with Crippen molar-refractivity contribution in [1.29, 1.82) is 0 Å². The van der Waals surface area contributed by atoms with E-state index in [-0.39, 0.29) is 6.10 Å². The summed E-state index contributed by atoms with van der Waals surface area (Å²) in [7, 11) is 0. The molecule has 3 nitrogen and oxygen atoms in total. The largest absolute Gasteiger partial charge is 0.343 e. The first-order valence-corrected chi connectivity index (χ1v) is 5.68. The van der Waals surface area contributed by atoms with E-state index >= 15 is 0 Å². The van der Waals surface area contributed by atoms with Crippen molar-refractivity contribution in [3.8, 4) is 0 Å². The molecule has 0 saturated carbocycles. The Morgan fingerprint density at radius 2 is 1.64 bits per heavy atom. The van der Waals surface area contributed by atoms with Crippen molar-refractivity contribution in [3.05, 3.63) is 0 Å². The van der Waals surface area contributed by atoms with Crippen LogP contribution in [-0.4, -0.2) is 22.3 Å². The maximum absolute atomic E-state index is 9.51. The van der Waals surface area contributed by atoms with E-state index in [0.717, 1.165) is 32.1 Å². The van der Waals surface area contributed by atoms with Crippen LogP contribution in [0.1, 0.15) is 59.3 Å². The molecule has 86 valence electrons. The van der Waals surface area contributed by atoms with Crippen molar-refractivity contribution >= 4 is 0 Å². The highest BCUT2D eigenvalue weighted by Gasteiger charge is 2.26.